The Hall–Kier alpha value is -0.410. The molecule has 1 saturated heterocycles. The molecule has 8 heteroatoms. The number of halogens is 3. The Morgan fingerprint density at radius 2 is 1.84 bits per heavy atom. The van der Waals surface area contributed by atoms with E-state index in [1.54, 1.807) is 6.92 Å². The Kier molecular flexibility index (Phi) is 5.19. The quantitative estimate of drug-likeness (QED) is 0.582. The Bertz CT molecular complexity index is 299. The molecule has 0 spiro atoms. The standard InChI is InChI=1S/C11H19F3O5/c1-2-3-4-7-10(18,11(12,13)14)9(17)8(16)6(5-15)19-7/h6-9,15-18H,2-5H2,1H3. The molecule has 0 aromatic carbocycles. The van der Waals surface area contributed by atoms with Crippen molar-refractivity contribution >= 4 is 0 Å². The van der Waals surface area contributed by atoms with Crippen LogP contribution in [-0.4, -0.2) is 63.2 Å². The summed E-state index contributed by atoms with van der Waals surface area (Å²) in [4.78, 5) is 0. The highest BCUT2D eigenvalue weighted by molar-refractivity contribution is 5.07. The van der Waals surface area contributed by atoms with Crippen molar-refractivity contribution in [2.45, 2.75) is 62.4 Å². The van der Waals surface area contributed by atoms with Crippen molar-refractivity contribution in [2.75, 3.05) is 6.61 Å². The van der Waals surface area contributed by atoms with Crippen molar-refractivity contribution in [3.05, 3.63) is 0 Å². The van der Waals surface area contributed by atoms with Crippen molar-refractivity contribution < 1.29 is 38.3 Å². The van der Waals surface area contributed by atoms with Crippen LogP contribution in [0.25, 0.3) is 0 Å². The molecule has 114 valence electrons. The lowest BCUT2D eigenvalue weighted by molar-refractivity contribution is -0.369. The lowest BCUT2D eigenvalue weighted by atomic mass is 9.79. The summed E-state index contributed by atoms with van der Waals surface area (Å²) in [5.41, 5.74) is -3.53. The lowest BCUT2D eigenvalue weighted by Gasteiger charge is -2.48. The normalized spacial score (nSPS) is 40.4. The monoisotopic (exact) mass is 288 g/mol. The Labute approximate surface area is 108 Å². The zero-order chi connectivity index (χ0) is 14.8. The molecular formula is C11H19F3O5. The zero-order valence-electron chi connectivity index (χ0n) is 10.5. The number of rotatable bonds is 4. The highest BCUT2D eigenvalue weighted by Crippen LogP contribution is 2.43. The molecule has 0 saturated carbocycles. The molecule has 1 rings (SSSR count). The van der Waals surface area contributed by atoms with Gasteiger partial charge in [-0.3, -0.25) is 0 Å². The molecule has 1 aliphatic heterocycles. The largest absolute Gasteiger partial charge is 0.422 e. The van der Waals surface area contributed by atoms with Crippen molar-refractivity contribution in [1.29, 1.82) is 0 Å². The van der Waals surface area contributed by atoms with Gasteiger partial charge in [-0.2, -0.15) is 13.2 Å². The van der Waals surface area contributed by atoms with E-state index in [1.165, 1.54) is 0 Å². The van der Waals surface area contributed by atoms with Crippen LogP contribution in [0.4, 0.5) is 13.2 Å². The van der Waals surface area contributed by atoms with E-state index in [1.807, 2.05) is 0 Å². The fraction of sp³-hybridized carbons (Fsp3) is 1.00. The van der Waals surface area contributed by atoms with Crippen LogP contribution in [0.3, 0.4) is 0 Å². The smallest absolute Gasteiger partial charge is 0.394 e. The summed E-state index contributed by atoms with van der Waals surface area (Å²) >= 11 is 0. The maximum absolute atomic E-state index is 13.0. The van der Waals surface area contributed by atoms with E-state index in [-0.39, 0.29) is 6.42 Å². The molecule has 0 radical (unpaired) electrons. The minimum atomic E-state index is -5.15. The summed E-state index contributed by atoms with van der Waals surface area (Å²) in [6, 6.07) is 0. The number of unbranched alkanes of at least 4 members (excludes halogenated alkanes) is 1. The highest BCUT2D eigenvalue weighted by atomic mass is 19.4. The van der Waals surface area contributed by atoms with Gasteiger partial charge in [0.25, 0.3) is 0 Å². The van der Waals surface area contributed by atoms with E-state index >= 15 is 0 Å². The fourth-order valence-corrected chi connectivity index (χ4v) is 2.23. The number of hydrogen-bond donors (Lipinski definition) is 4. The van der Waals surface area contributed by atoms with Gasteiger partial charge in [0.1, 0.15) is 18.3 Å². The van der Waals surface area contributed by atoms with Crippen LogP contribution in [-0.2, 0) is 4.74 Å². The van der Waals surface area contributed by atoms with E-state index in [0.29, 0.717) is 12.8 Å². The second-order valence-corrected chi connectivity index (χ2v) is 4.75. The van der Waals surface area contributed by atoms with Gasteiger partial charge in [0, 0.05) is 0 Å². The third kappa shape index (κ3) is 2.87. The first kappa shape index (κ1) is 16.6. The Balaban J connectivity index is 3.07. The molecule has 19 heavy (non-hydrogen) atoms. The fourth-order valence-electron chi connectivity index (χ4n) is 2.23. The summed E-state index contributed by atoms with van der Waals surface area (Å²) in [6.07, 6.45) is -11.9. The lowest BCUT2D eigenvalue weighted by Crippen LogP contribution is -2.72. The van der Waals surface area contributed by atoms with Crippen LogP contribution >= 0.6 is 0 Å². The van der Waals surface area contributed by atoms with Crippen molar-refractivity contribution in [2.24, 2.45) is 0 Å². The molecule has 1 aliphatic rings. The summed E-state index contributed by atoms with van der Waals surface area (Å²) in [7, 11) is 0. The topological polar surface area (TPSA) is 90.2 Å². The van der Waals surface area contributed by atoms with Crippen LogP contribution in [0.2, 0.25) is 0 Å². The van der Waals surface area contributed by atoms with Gasteiger partial charge in [-0.05, 0) is 6.42 Å². The average Bonchev–Trinajstić information content (AvgIpc) is 2.34. The zero-order valence-corrected chi connectivity index (χ0v) is 10.5. The molecule has 1 heterocycles. The number of ether oxygens (including phenoxy) is 1. The third-order valence-electron chi connectivity index (χ3n) is 3.44. The van der Waals surface area contributed by atoms with Crippen LogP contribution in [0.5, 0.6) is 0 Å². The van der Waals surface area contributed by atoms with Crippen LogP contribution in [0.15, 0.2) is 0 Å². The number of alkyl halides is 3. The van der Waals surface area contributed by atoms with Crippen LogP contribution in [0.1, 0.15) is 26.2 Å². The maximum atomic E-state index is 13.0. The minimum absolute atomic E-state index is 0.132. The molecule has 1 fully saturated rings. The number of hydrogen-bond acceptors (Lipinski definition) is 5. The van der Waals surface area contributed by atoms with Gasteiger partial charge in [0.15, 0.2) is 0 Å². The number of aliphatic hydroxyl groups excluding tert-OH is 3. The summed E-state index contributed by atoms with van der Waals surface area (Å²) in [6.45, 7) is 1.01. The van der Waals surface area contributed by atoms with Crippen LogP contribution < -0.4 is 0 Å². The molecule has 5 atom stereocenters. The second kappa shape index (κ2) is 5.92. The molecule has 0 aliphatic carbocycles. The molecule has 4 N–H and O–H groups in total. The van der Waals surface area contributed by atoms with Gasteiger partial charge in [0.05, 0.1) is 12.7 Å². The minimum Gasteiger partial charge on any atom is -0.394 e. The van der Waals surface area contributed by atoms with E-state index < -0.39 is 42.8 Å². The van der Waals surface area contributed by atoms with Gasteiger partial charge in [-0.15, -0.1) is 0 Å². The molecule has 0 aromatic heterocycles. The van der Waals surface area contributed by atoms with E-state index in [0.717, 1.165) is 0 Å². The SMILES string of the molecule is CCCCC1OC(CO)C(O)C(O)C1(O)C(F)(F)F. The molecular weight excluding hydrogens is 269 g/mol. The Morgan fingerprint density at radius 3 is 2.26 bits per heavy atom. The molecule has 5 nitrogen and oxygen atoms in total. The average molecular weight is 288 g/mol. The summed E-state index contributed by atoms with van der Waals surface area (Å²) in [5, 5.41) is 37.8. The summed E-state index contributed by atoms with van der Waals surface area (Å²) in [5.74, 6) is 0. The van der Waals surface area contributed by atoms with Crippen molar-refractivity contribution in [1.82, 2.24) is 0 Å². The molecule has 0 amide bonds. The first-order valence-corrected chi connectivity index (χ1v) is 6.11. The molecule has 5 unspecified atom stereocenters. The summed E-state index contributed by atoms with van der Waals surface area (Å²) < 4.78 is 43.9. The maximum Gasteiger partial charge on any atom is 0.422 e. The van der Waals surface area contributed by atoms with E-state index in [9.17, 15) is 28.5 Å². The molecule has 0 bridgehead atoms. The predicted octanol–water partition coefficient (Wildman–Crippen LogP) is -0.0485. The van der Waals surface area contributed by atoms with E-state index in [2.05, 4.69) is 0 Å². The predicted molar refractivity (Wildman–Crippen MR) is 58.3 cm³/mol. The number of aliphatic hydroxyl groups is 4. The van der Waals surface area contributed by atoms with Gasteiger partial charge in [-0.25, -0.2) is 0 Å². The first-order valence-electron chi connectivity index (χ1n) is 6.11. The van der Waals surface area contributed by atoms with Crippen molar-refractivity contribution in [3.8, 4) is 0 Å². The first-order chi connectivity index (χ1) is 8.70. The van der Waals surface area contributed by atoms with Gasteiger partial charge in [0.2, 0.25) is 5.60 Å². The van der Waals surface area contributed by atoms with Crippen LogP contribution in [0, 0.1) is 0 Å². The van der Waals surface area contributed by atoms with E-state index in [4.69, 9.17) is 9.84 Å². The van der Waals surface area contributed by atoms with Gasteiger partial charge in [-0.1, -0.05) is 19.8 Å². The molecule has 0 aromatic rings. The second-order valence-electron chi connectivity index (χ2n) is 4.75. The third-order valence-corrected chi connectivity index (χ3v) is 3.44. The Morgan fingerprint density at radius 1 is 1.26 bits per heavy atom. The van der Waals surface area contributed by atoms with Gasteiger partial charge >= 0.3 is 6.18 Å². The van der Waals surface area contributed by atoms with Gasteiger partial charge < -0.3 is 25.2 Å². The van der Waals surface area contributed by atoms with Crippen molar-refractivity contribution in [3.63, 3.8) is 0 Å². The highest BCUT2D eigenvalue weighted by Gasteiger charge is 2.68.